The molecule has 5 rings (SSSR count). The topological polar surface area (TPSA) is 51.5 Å². The van der Waals surface area contributed by atoms with Crippen LogP contribution in [-0.4, -0.2) is 15.6 Å². The first-order valence-electron chi connectivity index (χ1n) is 12.0. The lowest BCUT2D eigenvalue weighted by Gasteiger charge is -2.09. The molecule has 0 saturated carbocycles. The molecule has 5 aromatic rings. The van der Waals surface area contributed by atoms with Crippen molar-refractivity contribution in [3.63, 3.8) is 0 Å². The summed E-state index contributed by atoms with van der Waals surface area (Å²) in [5.74, 6) is -0.129. The third kappa shape index (κ3) is 5.56. The van der Waals surface area contributed by atoms with Crippen molar-refractivity contribution in [3.05, 3.63) is 138 Å². The molecule has 4 heteroatoms. The number of carboxylic acids is 1. The lowest BCUT2D eigenvalue weighted by atomic mass is 10.0. The van der Waals surface area contributed by atoms with Gasteiger partial charge in [-0.05, 0) is 77.6 Å². The van der Waals surface area contributed by atoms with Crippen LogP contribution in [0.2, 0.25) is 0 Å². The number of hydrogen-bond acceptors (Lipinski definition) is 2. The Morgan fingerprint density at radius 2 is 1.50 bits per heavy atom. The second-order valence-corrected chi connectivity index (χ2v) is 8.73. The van der Waals surface area contributed by atoms with Gasteiger partial charge in [-0.15, -0.1) is 0 Å². The second-order valence-electron chi connectivity index (χ2n) is 8.73. The smallest absolute Gasteiger partial charge is 0.328 e. The second kappa shape index (κ2) is 10.8. The summed E-state index contributed by atoms with van der Waals surface area (Å²) in [6.45, 7) is 0.531. The van der Waals surface area contributed by atoms with E-state index in [2.05, 4.69) is 71.4 Å². The highest BCUT2D eigenvalue weighted by molar-refractivity contribution is 5.90. The highest BCUT2D eigenvalue weighted by atomic mass is 16.5. The predicted octanol–water partition coefficient (Wildman–Crippen LogP) is 7.09. The minimum atomic E-state index is -0.952. The van der Waals surface area contributed by atoms with Crippen LogP contribution >= 0.6 is 0 Å². The van der Waals surface area contributed by atoms with E-state index in [1.807, 2.05) is 42.5 Å². The van der Waals surface area contributed by atoms with Crippen LogP contribution < -0.4 is 4.74 Å². The van der Waals surface area contributed by atoms with Crippen molar-refractivity contribution in [3.8, 4) is 11.4 Å². The number of hydrogen-bond donors (Lipinski definition) is 1. The average Bonchev–Trinajstić information content (AvgIpc) is 3.29. The van der Waals surface area contributed by atoms with Crippen molar-refractivity contribution in [2.24, 2.45) is 0 Å². The van der Waals surface area contributed by atoms with Gasteiger partial charge in [-0.1, -0.05) is 66.7 Å². The van der Waals surface area contributed by atoms with Crippen LogP contribution in [0.4, 0.5) is 0 Å². The fourth-order valence-electron chi connectivity index (χ4n) is 4.37. The van der Waals surface area contributed by atoms with Crippen LogP contribution in [0.25, 0.3) is 22.7 Å². The zero-order valence-corrected chi connectivity index (χ0v) is 19.9. The number of rotatable bonds is 9. The third-order valence-corrected chi connectivity index (χ3v) is 6.22. The normalized spacial score (nSPS) is 11.2. The van der Waals surface area contributed by atoms with Gasteiger partial charge >= 0.3 is 5.97 Å². The summed E-state index contributed by atoms with van der Waals surface area (Å²) in [5, 5.41) is 10.2. The summed E-state index contributed by atoms with van der Waals surface area (Å²) in [4.78, 5) is 11.0. The van der Waals surface area contributed by atoms with Crippen LogP contribution in [0.15, 0.2) is 115 Å². The molecule has 0 saturated heterocycles. The van der Waals surface area contributed by atoms with Crippen LogP contribution in [0, 0.1) is 0 Å². The van der Waals surface area contributed by atoms with E-state index in [1.165, 1.54) is 17.2 Å². The summed E-state index contributed by atoms with van der Waals surface area (Å²) < 4.78 is 8.16. The molecule has 0 aliphatic carbocycles. The van der Waals surface area contributed by atoms with Crippen molar-refractivity contribution >= 4 is 22.9 Å². The van der Waals surface area contributed by atoms with E-state index in [1.54, 1.807) is 6.08 Å². The summed E-state index contributed by atoms with van der Waals surface area (Å²) in [6, 6.07) is 34.8. The molecule has 0 aliphatic rings. The first-order valence-corrected chi connectivity index (χ1v) is 12.0. The molecule has 4 aromatic carbocycles. The Morgan fingerprint density at radius 1 is 0.806 bits per heavy atom. The first-order chi connectivity index (χ1) is 17.7. The minimum Gasteiger partial charge on any atom is -0.489 e. The van der Waals surface area contributed by atoms with E-state index in [0.717, 1.165) is 46.3 Å². The van der Waals surface area contributed by atoms with Crippen molar-refractivity contribution in [2.75, 3.05) is 0 Å². The highest BCUT2D eigenvalue weighted by Gasteiger charge is 2.11. The molecule has 4 nitrogen and oxygen atoms in total. The van der Waals surface area contributed by atoms with Gasteiger partial charge in [-0.2, -0.15) is 0 Å². The Hall–Kier alpha value is -4.57. The zero-order valence-electron chi connectivity index (χ0n) is 19.9. The number of aromatic nitrogens is 1. The number of carboxylic acid groups (broad SMARTS) is 1. The van der Waals surface area contributed by atoms with Gasteiger partial charge in [0, 0.05) is 23.3 Å². The summed E-state index contributed by atoms with van der Waals surface area (Å²) in [6.07, 6.45) is 6.83. The molecule has 36 heavy (non-hydrogen) atoms. The van der Waals surface area contributed by atoms with E-state index in [4.69, 9.17) is 9.84 Å². The van der Waals surface area contributed by atoms with Crippen molar-refractivity contribution in [1.29, 1.82) is 0 Å². The molecule has 0 unspecified atom stereocenters. The Balaban J connectivity index is 1.43. The third-order valence-electron chi connectivity index (χ3n) is 6.22. The lowest BCUT2D eigenvalue weighted by Crippen LogP contribution is -1.96. The van der Waals surface area contributed by atoms with Gasteiger partial charge in [0.05, 0.1) is 5.52 Å². The largest absolute Gasteiger partial charge is 0.489 e. The maximum atomic E-state index is 11.0. The van der Waals surface area contributed by atoms with Crippen LogP contribution in [-0.2, 0) is 24.2 Å². The Bertz CT molecular complexity index is 1480. The molecular weight excluding hydrogens is 446 g/mol. The van der Waals surface area contributed by atoms with Crippen LogP contribution in [0.5, 0.6) is 5.75 Å². The molecule has 0 radical (unpaired) electrons. The minimum absolute atomic E-state index is 0.531. The average molecular weight is 474 g/mol. The number of benzene rings is 4. The summed E-state index contributed by atoms with van der Waals surface area (Å²) >= 11 is 0. The molecule has 1 N–H and O–H groups in total. The zero-order chi connectivity index (χ0) is 24.7. The maximum absolute atomic E-state index is 11.0. The molecule has 1 heterocycles. The monoisotopic (exact) mass is 473 g/mol. The van der Waals surface area contributed by atoms with Gasteiger partial charge in [-0.25, -0.2) is 4.79 Å². The van der Waals surface area contributed by atoms with E-state index in [-0.39, 0.29) is 0 Å². The standard InChI is InChI=1S/C32H27NO3/c34-32(35)20-13-25-12-19-31-30(21-25)27(14-11-24-7-3-1-4-8-24)22-33(31)28-15-17-29(18-16-28)36-23-26-9-5-2-6-10-26/h1-10,12-13,15-22H,11,14,23H2,(H,34,35). The first kappa shape index (κ1) is 23.2. The molecule has 1 aromatic heterocycles. The van der Waals surface area contributed by atoms with Crippen molar-refractivity contribution < 1.29 is 14.6 Å². The molecule has 178 valence electrons. The molecule has 0 bridgehead atoms. The van der Waals surface area contributed by atoms with Gasteiger partial charge in [0.15, 0.2) is 0 Å². The van der Waals surface area contributed by atoms with Gasteiger partial charge < -0.3 is 14.4 Å². The number of ether oxygens (including phenoxy) is 1. The van der Waals surface area contributed by atoms with Crippen LogP contribution in [0.3, 0.4) is 0 Å². The van der Waals surface area contributed by atoms with Gasteiger partial charge in [0.2, 0.25) is 0 Å². The van der Waals surface area contributed by atoms with E-state index >= 15 is 0 Å². The quantitative estimate of drug-likeness (QED) is 0.233. The lowest BCUT2D eigenvalue weighted by molar-refractivity contribution is -0.131. The van der Waals surface area contributed by atoms with Gasteiger partial charge in [-0.3, -0.25) is 0 Å². The molecule has 0 fully saturated rings. The van der Waals surface area contributed by atoms with Gasteiger partial charge in [0.1, 0.15) is 12.4 Å². The number of aliphatic carboxylic acids is 1. The number of aryl methyl sites for hydroxylation is 2. The number of carbonyl (C=O) groups is 1. The molecule has 0 atom stereocenters. The molecule has 0 amide bonds. The van der Waals surface area contributed by atoms with E-state index < -0.39 is 5.97 Å². The SMILES string of the molecule is O=C(O)C=Cc1ccc2c(c1)c(CCc1ccccc1)cn2-c1ccc(OCc2ccccc2)cc1. The number of nitrogens with zero attached hydrogens (tertiary/aromatic N) is 1. The summed E-state index contributed by atoms with van der Waals surface area (Å²) in [7, 11) is 0. The van der Waals surface area contributed by atoms with E-state index in [0.29, 0.717) is 6.61 Å². The Morgan fingerprint density at radius 3 is 2.19 bits per heavy atom. The molecule has 0 aliphatic heterocycles. The van der Waals surface area contributed by atoms with Crippen LogP contribution in [0.1, 0.15) is 22.3 Å². The predicted molar refractivity (Wildman–Crippen MR) is 145 cm³/mol. The fraction of sp³-hybridized carbons (Fsp3) is 0.0938. The Kier molecular flexibility index (Phi) is 6.95. The number of fused-ring (bicyclic) bond motifs is 1. The van der Waals surface area contributed by atoms with Crippen molar-refractivity contribution in [2.45, 2.75) is 19.4 Å². The summed E-state index contributed by atoms with van der Waals surface area (Å²) in [5.41, 5.74) is 6.65. The molecular formula is C32H27NO3. The van der Waals surface area contributed by atoms with E-state index in [9.17, 15) is 4.79 Å². The molecule has 0 spiro atoms. The van der Waals surface area contributed by atoms with Crippen molar-refractivity contribution in [1.82, 2.24) is 4.57 Å². The Labute approximate surface area is 210 Å². The highest BCUT2D eigenvalue weighted by Crippen LogP contribution is 2.29. The maximum Gasteiger partial charge on any atom is 0.328 e. The van der Waals surface area contributed by atoms with Gasteiger partial charge in [0.25, 0.3) is 0 Å². The fourth-order valence-corrected chi connectivity index (χ4v) is 4.37.